The Morgan fingerprint density at radius 2 is 1.95 bits per heavy atom. The lowest BCUT2D eigenvalue weighted by atomic mass is 10.2. The fraction of sp³-hybridized carbons (Fsp3) is 0.188. The lowest BCUT2D eigenvalue weighted by molar-refractivity contribution is -0.118. The van der Waals surface area contributed by atoms with Crippen LogP contribution in [-0.4, -0.2) is 12.5 Å². The minimum Gasteiger partial charge on any atom is -0.483 e. The van der Waals surface area contributed by atoms with Gasteiger partial charge in [0, 0.05) is 0 Å². The fourth-order valence-corrected chi connectivity index (χ4v) is 1.77. The number of hydrogen-bond acceptors (Lipinski definition) is 2. The molecule has 0 spiro atoms. The van der Waals surface area contributed by atoms with Crippen LogP contribution in [-0.2, 0) is 4.79 Å². The smallest absolute Gasteiger partial charge is 0.262 e. The maximum atomic E-state index is 13.6. The van der Waals surface area contributed by atoms with Gasteiger partial charge in [0.2, 0.25) is 0 Å². The fourth-order valence-electron chi connectivity index (χ4n) is 1.77. The van der Waals surface area contributed by atoms with Gasteiger partial charge < -0.3 is 10.1 Å². The second-order valence-corrected chi connectivity index (χ2v) is 4.59. The number of ether oxygens (including phenoxy) is 1. The van der Waals surface area contributed by atoms with E-state index in [0.29, 0.717) is 5.75 Å². The summed E-state index contributed by atoms with van der Waals surface area (Å²) in [6.45, 7) is 3.53. The van der Waals surface area contributed by atoms with Gasteiger partial charge in [0.25, 0.3) is 5.91 Å². The second-order valence-electron chi connectivity index (χ2n) is 4.59. The van der Waals surface area contributed by atoms with Crippen LogP contribution in [0.5, 0.6) is 5.75 Å². The Morgan fingerprint density at radius 1 is 1.20 bits per heavy atom. The van der Waals surface area contributed by atoms with E-state index < -0.39 is 11.7 Å². The molecule has 0 saturated heterocycles. The largest absolute Gasteiger partial charge is 0.483 e. The molecule has 4 heteroatoms. The Morgan fingerprint density at radius 3 is 2.65 bits per heavy atom. The molecular weight excluding hydrogens is 257 g/mol. The zero-order valence-corrected chi connectivity index (χ0v) is 11.4. The summed E-state index contributed by atoms with van der Waals surface area (Å²) in [5, 5.41) is 2.49. The predicted octanol–water partition coefficient (Wildman–Crippen LogP) is 3.46. The molecule has 0 unspecified atom stereocenters. The summed E-state index contributed by atoms with van der Waals surface area (Å²) >= 11 is 0. The quantitative estimate of drug-likeness (QED) is 0.926. The van der Waals surface area contributed by atoms with Crippen molar-refractivity contribution in [1.29, 1.82) is 0 Å². The van der Waals surface area contributed by atoms with Crippen molar-refractivity contribution in [2.24, 2.45) is 0 Å². The van der Waals surface area contributed by atoms with E-state index in [9.17, 15) is 9.18 Å². The van der Waals surface area contributed by atoms with Crippen molar-refractivity contribution in [3.8, 4) is 5.75 Å². The molecule has 0 atom stereocenters. The van der Waals surface area contributed by atoms with Crippen LogP contribution in [0.1, 0.15) is 11.1 Å². The Bertz CT molecular complexity index is 626. The van der Waals surface area contributed by atoms with E-state index in [4.69, 9.17) is 4.74 Å². The first-order valence-corrected chi connectivity index (χ1v) is 6.30. The zero-order valence-electron chi connectivity index (χ0n) is 11.4. The topological polar surface area (TPSA) is 38.3 Å². The minimum absolute atomic E-state index is 0.155. The Kier molecular flexibility index (Phi) is 4.35. The van der Waals surface area contributed by atoms with Crippen LogP contribution < -0.4 is 10.1 Å². The Labute approximate surface area is 117 Å². The summed E-state index contributed by atoms with van der Waals surface area (Å²) in [6.07, 6.45) is 0. The van der Waals surface area contributed by atoms with Gasteiger partial charge in [-0.05, 0) is 43.2 Å². The lowest BCUT2D eigenvalue weighted by Crippen LogP contribution is -2.21. The van der Waals surface area contributed by atoms with Gasteiger partial charge in [-0.1, -0.05) is 24.3 Å². The highest BCUT2D eigenvalue weighted by molar-refractivity contribution is 5.92. The number of carbonyl (C=O) groups excluding carboxylic acids is 1. The molecule has 0 aliphatic heterocycles. The maximum Gasteiger partial charge on any atom is 0.262 e. The number of benzene rings is 2. The third-order valence-corrected chi connectivity index (χ3v) is 2.85. The molecule has 0 fully saturated rings. The first kappa shape index (κ1) is 14.1. The Hall–Kier alpha value is -2.36. The van der Waals surface area contributed by atoms with Crippen molar-refractivity contribution < 1.29 is 13.9 Å². The molecular formula is C16H16FNO2. The average Bonchev–Trinajstić information content (AvgIpc) is 2.41. The SMILES string of the molecule is Cc1ccc(NC(=O)COc2ccccc2C)c(F)c1. The standard InChI is InChI=1S/C16H16FNO2/c1-11-7-8-14(13(17)9-11)18-16(19)10-20-15-6-4-3-5-12(15)2/h3-9H,10H2,1-2H3,(H,18,19). The van der Waals surface area contributed by atoms with Gasteiger partial charge in [0.1, 0.15) is 11.6 Å². The van der Waals surface area contributed by atoms with Crippen molar-refractivity contribution in [3.63, 3.8) is 0 Å². The van der Waals surface area contributed by atoms with E-state index in [0.717, 1.165) is 11.1 Å². The molecule has 0 aromatic heterocycles. The molecule has 2 aromatic carbocycles. The van der Waals surface area contributed by atoms with Crippen molar-refractivity contribution in [1.82, 2.24) is 0 Å². The van der Waals surface area contributed by atoms with Crippen molar-refractivity contribution in [3.05, 3.63) is 59.4 Å². The molecule has 0 radical (unpaired) electrons. The van der Waals surface area contributed by atoms with Crippen molar-refractivity contribution in [2.45, 2.75) is 13.8 Å². The van der Waals surface area contributed by atoms with E-state index in [2.05, 4.69) is 5.32 Å². The molecule has 1 amide bonds. The van der Waals surface area contributed by atoms with Crippen LogP contribution in [0.3, 0.4) is 0 Å². The summed E-state index contributed by atoms with van der Waals surface area (Å²) in [4.78, 5) is 11.7. The highest BCUT2D eigenvalue weighted by Gasteiger charge is 2.08. The number of nitrogens with one attached hydrogen (secondary N) is 1. The monoisotopic (exact) mass is 273 g/mol. The predicted molar refractivity (Wildman–Crippen MR) is 76.4 cm³/mol. The van der Waals surface area contributed by atoms with Crippen molar-refractivity contribution in [2.75, 3.05) is 11.9 Å². The molecule has 104 valence electrons. The second kappa shape index (κ2) is 6.19. The summed E-state index contributed by atoms with van der Waals surface area (Å²) in [5.41, 5.74) is 1.91. The van der Waals surface area contributed by atoms with Crippen LogP contribution in [0.4, 0.5) is 10.1 Å². The third-order valence-electron chi connectivity index (χ3n) is 2.85. The lowest BCUT2D eigenvalue weighted by Gasteiger charge is -2.10. The van der Waals surface area contributed by atoms with Gasteiger partial charge in [-0.15, -0.1) is 0 Å². The molecule has 2 rings (SSSR count). The molecule has 3 nitrogen and oxygen atoms in total. The minimum atomic E-state index is -0.450. The van der Waals surface area contributed by atoms with Gasteiger partial charge in [-0.25, -0.2) is 4.39 Å². The summed E-state index contributed by atoms with van der Waals surface area (Å²) in [7, 11) is 0. The van der Waals surface area contributed by atoms with Gasteiger partial charge in [-0.2, -0.15) is 0 Å². The molecule has 1 N–H and O–H groups in total. The number of rotatable bonds is 4. The van der Waals surface area contributed by atoms with Gasteiger partial charge in [0.15, 0.2) is 6.61 Å². The number of para-hydroxylation sites is 1. The summed E-state index contributed by atoms with van der Waals surface area (Å²) < 4.78 is 19.0. The Balaban J connectivity index is 1.94. The molecule has 0 aliphatic rings. The van der Waals surface area contributed by atoms with E-state index in [1.54, 1.807) is 19.1 Å². The highest BCUT2D eigenvalue weighted by atomic mass is 19.1. The van der Waals surface area contributed by atoms with E-state index in [1.165, 1.54) is 12.1 Å². The zero-order chi connectivity index (χ0) is 14.5. The molecule has 20 heavy (non-hydrogen) atoms. The number of aryl methyl sites for hydroxylation is 2. The number of halogens is 1. The van der Waals surface area contributed by atoms with Crippen LogP contribution in [0.15, 0.2) is 42.5 Å². The van der Waals surface area contributed by atoms with Crippen molar-refractivity contribution >= 4 is 11.6 Å². The van der Waals surface area contributed by atoms with E-state index >= 15 is 0 Å². The molecule has 0 saturated carbocycles. The maximum absolute atomic E-state index is 13.6. The van der Waals surface area contributed by atoms with Gasteiger partial charge in [0.05, 0.1) is 5.69 Å². The van der Waals surface area contributed by atoms with Crippen LogP contribution in [0, 0.1) is 19.7 Å². The normalized spacial score (nSPS) is 10.2. The number of anilines is 1. The number of amides is 1. The van der Waals surface area contributed by atoms with Gasteiger partial charge in [-0.3, -0.25) is 4.79 Å². The van der Waals surface area contributed by atoms with Crippen LogP contribution in [0.2, 0.25) is 0 Å². The number of carbonyl (C=O) groups is 1. The summed E-state index contributed by atoms with van der Waals surface area (Å²) in [6, 6.07) is 12.1. The van der Waals surface area contributed by atoms with Gasteiger partial charge >= 0.3 is 0 Å². The van der Waals surface area contributed by atoms with E-state index in [1.807, 2.05) is 25.1 Å². The van der Waals surface area contributed by atoms with Crippen LogP contribution in [0.25, 0.3) is 0 Å². The third kappa shape index (κ3) is 3.57. The van der Waals surface area contributed by atoms with Crippen LogP contribution >= 0.6 is 0 Å². The summed E-state index contributed by atoms with van der Waals surface area (Å²) in [5.74, 6) is -0.197. The van der Waals surface area contributed by atoms with E-state index in [-0.39, 0.29) is 12.3 Å². The molecule has 0 aliphatic carbocycles. The first-order valence-electron chi connectivity index (χ1n) is 6.30. The first-order chi connectivity index (χ1) is 9.56. The number of hydrogen-bond donors (Lipinski definition) is 1. The highest BCUT2D eigenvalue weighted by Crippen LogP contribution is 2.17. The molecule has 0 bridgehead atoms. The average molecular weight is 273 g/mol. The molecule has 2 aromatic rings. The molecule has 0 heterocycles.